The highest BCUT2D eigenvalue weighted by Crippen LogP contribution is 2.21. The maximum absolute atomic E-state index is 10.5. The molecule has 2 aromatic rings. The van der Waals surface area contributed by atoms with Gasteiger partial charge in [0.15, 0.2) is 0 Å². The molecular formula is C11H13N5O2S. The zero-order valence-electron chi connectivity index (χ0n) is 10.5. The van der Waals surface area contributed by atoms with Crippen LogP contribution in [-0.2, 0) is 4.79 Å². The molecule has 0 amide bonds. The molecule has 0 spiro atoms. The normalized spacial score (nSPS) is 10.6. The maximum atomic E-state index is 10.5. The van der Waals surface area contributed by atoms with E-state index in [4.69, 9.17) is 10.9 Å². The van der Waals surface area contributed by atoms with Gasteiger partial charge in [-0.3, -0.25) is 4.79 Å². The predicted octanol–water partition coefficient (Wildman–Crippen LogP) is 0.847. The Morgan fingerprint density at radius 2 is 2.16 bits per heavy atom. The third-order valence-electron chi connectivity index (χ3n) is 2.32. The van der Waals surface area contributed by atoms with Crippen molar-refractivity contribution in [1.29, 1.82) is 0 Å². The summed E-state index contributed by atoms with van der Waals surface area (Å²) in [7, 11) is 0. The lowest BCUT2D eigenvalue weighted by Crippen LogP contribution is -2.13. The summed E-state index contributed by atoms with van der Waals surface area (Å²) < 4.78 is 1.26. The molecule has 0 saturated carbocycles. The second-order valence-corrected chi connectivity index (χ2v) is 4.97. The highest BCUT2D eigenvalue weighted by Gasteiger charge is 2.14. The molecule has 2 rings (SSSR count). The summed E-state index contributed by atoms with van der Waals surface area (Å²) in [4.78, 5) is 14.9. The molecule has 0 aliphatic heterocycles. The predicted molar refractivity (Wildman–Crippen MR) is 71.2 cm³/mol. The van der Waals surface area contributed by atoms with Gasteiger partial charge in [0.2, 0.25) is 11.0 Å². The lowest BCUT2D eigenvalue weighted by Gasteiger charge is -2.04. The Labute approximate surface area is 113 Å². The Balaban J connectivity index is 2.33. The van der Waals surface area contributed by atoms with E-state index in [1.165, 1.54) is 4.68 Å². The molecule has 8 heteroatoms. The lowest BCUT2D eigenvalue weighted by molar-refractivity contribution is -0.133. The first-order valence-electron chi connectivity index (χ1n) is 5.48. The van der Waals surface area contributed by atoms with E-state index in [9.17, 15) is 4.79 Å². The van der Waals surface area contributed by atoms with Crippen LogP contribution < -0.4 is 5.84 Å². The molecule has 0 aromatic carbocycles. The van der Waals surface area contributed by atoms with Crippen LogP contribution in [0.5, 0.6) is 0 Å². The van der Waals surface area contributed by atoms with E-state index in [0.29, 0.717) is 16.7 Å². The average Bonchev–Trinajstić information content (AvgIpc) is 2.66. The number of aryl methyl sites for hydroxylation is 2. The summed E-state index contributed by atoms with van der Waals surface area (Å²) in [5.41, 5.74) is 2.53. The first-order valence-corrected chi connectivity index (χ1v) is 6.46. The third-order valence-corrected chi connectivity index (χ3v) is 3.24. The zero-order valence-corrected chi connectivity index (χ0v) is 11.3. The summed E-state index contributed by atoms with van der Waals surface area (Å²) in [6.07, 6.45) is 0. The summed E-state index contributed by atoms with van der Waals surface area (Å²) >= 11 is 1.02. The third kappa shape index (κ3) is 3.02. The molecule has 0 atom stereocenters. The first kappa shape index (κ1) is 13.3. The molecule has 0 bridgehead atoms. The van der Waals surface area contributed by atoms with Gasteiger partial charge in [-0.1, -0.05) is 11.8 Å². The average molecular weight is 279 g/mol. The van der Waals surface area contributed by atoms with Crippen LogP contribution in [0.1, 0.15) is 11.3 Å². The number of aliphatic carboxylic acids is 1. The Morgan fingerprint density at radius 3 is 2.79 bits per heavy atom. The monoisotopic (exact) mass is 279 g/mol. The summed E-state index contributed by atoms with van der Waals surface area (Å²) in [6.45, 7) is 3.84. The Hall–Kier alpha value is -2.09. The maximum Gasteiger partial charge on any atom is 0.313 e. The number of hydrogen-bond acceptors (Lipinski definition) is 6. The van der Waals surface area contributed by atoms with Gasteiger partial charge in [0.1, 0.15) is 5.69 Å². The van der Waals surface area contributed by atoms with Gasteiger partial charge in [0, 0.05) is 5.69 Å². The number of rotatable bonds is 4. The first-order chi connectivity index (χ1) is 8.97. The molecule has 0 aliphatic carbocycles. The summed E-state index contributed by atoms with van der Waals surface area (Å²) in [5.74, 6) is 5.23. The van der Waals surface area contributed by atoms with E-state index in [0.717, 1.165) is 23.0 Å². The van der Waals surface area contributed by atoms with E-state index >= 15 is 0 Å². The van der Waals surface area contributed by atoms with Crippen LogP contribution in [0.25, 0.3) is 11.5 Å². The molecule has 19 heavy (non-hydrogen) atoms. The Morgan fingerprint density at radius 1 is 1.42 bits per heavy atom. The highest BCUT2D eigenvalue weighted by molar-refractivity contribution is 7.99. The highest BCUT2D eigenvalue weighted by atomic mass is 32.2. The van der Waals surface area contributed by atoms with Gasteiger partial charge in [-0.15, -0.1) is 10.2 Å². The summed E-state index contributed by atoms with van der Waals surface area (Å²) in [5, 5.41) is 16.8. The van der Waals surface area contributed by atoms with Crippen LogP contribution in [0, 0.1) is 13.8 Å². The molecule has 3 N–H and O–H groups in total. The molecule has 2 aromatic heterocycles. The Kier molecular flexibility index (Phi) is 3.70. The van der Waals surface area contributed by atoms with Crippen LogP contribution in [0.2, 0.25) is 0 Å². The number of nitrogen functional groups attached to an aromatic ring is 1. The molecule has 0 saturated heterocycles. The molecule has 7 nitrogen and oxygen atoms in total. The van der Waals surface area contributed by atoms with Crippen molar-refractivity contribution in [2.24, 2.45) is 0 Å². The van der Waals surface area contributed by atoms with Gasteiger partial charge in [-0.05, 0) is 31.5 Å². The van der Waals surface area contributed by atoms with Crippen molar-refractivity contribution >= 4 is 17.7 Å². The SMILES string of the molecule is Cc1cc(C)nc(-c2nnc(SCC(=O)O)n2N)c1. The number of nitrogens with two attached hydrogens (primary N) is 1. The minimum Gasteiger partial charge on any atom is -0.481 e. The van der Waals surface area contributed by atoms with Crippen LogP contribution >= 0.6 is 11.8 Å². The van der Waals surface area contributed by atoms with Crippen LogP contribution in [-0.4, -0.2) is 36.7 Å². The standard InChI is InChI=1S/C11H13N5O2S/c1-6-3-7(2)13-8(4-6)10-14-15-11(16(10)12)19-5-9(17)18/h3-4H,5,12H2,1-2H3,(H,17,18). The van der Waals surface area contributed by atoms with E-state index in [2.05, 4.69) is 15.2 Å². The molecule has 2 heterocycles. The summed E-state index contributed by atoms with van der Waals surface area (Å²) in [6, 6.07) is 3.80. The molecule has 0 radical (unpaired) electrons. The van der Waals surface area contributed by atoms with Crippen molar-refractivity contribution in [3.63, 3.8) is 0 Å². The minimum atomic E-state index is -0.931. The number of carbonyl (C=O) groups is 1. The van der Waals surface area contributed by atoms with Crippen LogP contribution in [0.3, 0.4) is 0 Å². The topological polar surface area (TPSA) is 107 Å². The van der Waals surface area contributed by atoms with E-state index in [1.807, 2.05) is 26.0 Å². The molecule has 100 valence electrons. The van der Waals surface area contributed by atoms with Crippen molar-refractivity contribution < 1.29 is 9.90 Å². The fourth-order valence-electron chi connectivity index (χ4n) is 1.63. The molecule has 0 fully saturated rings. The van der Waals surface area contributed by atoms with Crippen molar-refractivity contribution in [3.8, 4) is 11.5 Å². The number of thioether (sulfide) groups is 1. The van der Waals surface area contributed by atoms with Crippen molar-refractivity contribution in [2.45, 2.75) is 19.0 Å². The van der Waals surface area contributed by atoms with E-state index in [-0.39, 0.29) is 5.75 Å². The van der Waals surface area contributed by atoms with Gasteiger partial charge < -0.3 is 10.9 Å². The van der Waals surface area contributed by atoms with Crippen molar-refractivity contribution in [3.05, 3.63) is 23.4 Å². The number of nitrogens with zero attached hydrogens (tertiary/aromatic N) is 4. The van der Waals surface area contributed by atoms with E-state index in [1.54, 1.807) is 0 Å². The van der Waals surface area contributed by atoms with Crippen LogP contribution in [0.15, 0.2) is 17.3 Å². The second kappa shape index (κ2) is 5.27. The number of carboxylic acids is 1. The molecule has 0 unspecified atom stereocenters. The number of hydrogen-bond donors (Lipinski definition) is 2. The second-order valence-electron chi connectivity index (χ2n) is 4.03. The zero-order chi connectivity index (χ0) is 14.0. The molecule has 0 aliphatic rings. The fourth-order valence-corrected chi connectivity index (χ4v) is 2.21. The van der Waals surface area contributed by atoms with Crippen LogP contribution in [0.4, 0.5) is 0 Å². The van der Waals surface area contributed by atoms with Gasteiger partial charge >= 0.3 is 5.97 Å². The van der Waals surface area contributed by atoms with Gasteiger partial charge in [-0.25, -0.2) is 9.66 Å². The number of carboxylic acid groups (broad SMARTS) is 1. The quantitative estimate of drug-likeness (QED) is 0.631. The number of aromatic nitrogens is 4. The Bertz CT molecular complexity index is 605. The van der Waals surface area contributed by atoms with Gasteiger partial charge in [0.05, 0.1) is 5.75 Å². The van der Waals surface area contributed by atoms with Gasteiger partial charge in [-0.2, -0.15) is 0 Å². The number of pyridine rings is 1. The largest absolute Gasteiger partial charge is 0.481 e. The lowest BCUT2D eigenvalue weighted by atomic mass is 10.2. The van der Waals surface area contributed by atoms with E-state index < -0.39 is 5.97 Å². The van der Waals surface area contributed by atoms with Gasteiger partial charge in [0.25, 0.3) is 0 Å². The van der Waals surface area contributed by atoms with Crippen molar-refractivity contribution in [1.82, 2.24) is 19.9 Å². The fraction of sp³-hybridized carbons (Fsp3) is 0.273. The smallest absolute Gasteiger partial charge is 0.313 e. The minimum absolute atomic E-state index is 0.115. The van der Waals surface area contributed by atoms with Crippen molar-refractivity contribution in [2.75, 3.05) is 11.6 Å². The molecular weight excluding hydrogens is 266 g/mol.